The molecular formula is C11H7Cl2N3O2. The van der Waals surface area contributed by atoms with Crippen LogP contribution in [-0.4, -0.2) is 9.91 Å². The van der Waals surface area contributed by atoms with E-state index in [0.29, 0.717) is 21.3 Å². The van der Waals surface area contributed by atoms with Crippen LogP contribution in [0.25, 0.3) is 11.3 Å². The van der Waals surface area contributed by atoms with Gasteiger partial charge in [0.15, 0.2) is 0 Å². The summed E-state index contributed by atoms with van der Waals surface area (Å²) in [5.74, 6) is 0.0743. The second-order valence-corrected chi connectivity index (χ2v) is 4.34. The zero-order valence-corrected chi connectivity index (χ0v) is 10.4. The first-order chi connectivity index (χ1) is 8.47. The Bertz CT molecular complexity index is 632. The first-order valence-corrected chi connectivity index (χ1v) is 5.60. The minimum absolute atomic E-state index is 0.0743. The van der Waals surface area contributed by atoms with Gasteiger partial charge in [-0.2, -0.15) is 0 Å². The lowest BCUT2D eigenvalue weighted by molar-refractivity contribution is -0.384. The van der Waals surface area contributed by atoms with Gasteiger partial charge in [0.1, 0.15) is 5.82 Å². The largest absolute Gasteiger partial charge is 0.383 e. The fourth-order valence-electron chi connectivity index (χ4n) is 1.45. The molecule has 0 aliphatic heterocycles. The Kier molecular flexibility index (Phi) is 3.36. The summed E-state index contributed by atoms with van der Waals surface area (Å²) in [6.45, 7) is 0. The zero-order valence-electron chi connectivity index (χ0n) is 8.93. The molecule has 1 aromatic carbocycles. The van der Waals surface area contributed by atoms with Gasteiger partial charge in [0.2, 0.25) is 0 Å². The lowest BCUT2D eigenvalue weighted by atomic mass is 10.1. The highest BCUT2D eigenvalue weighted by Gasteiger charge is 2.12. The number of nitrogens with zero attached hydrogens (tertiary/aromatic N) is 2. The number of benzene rings is 1. The standard InChI is InChI=1S/C11H7Cl2N3O2/c12-8-2-1-6(3-9(8)13)10-4-7(16(17)18)5-11(14)15-10/h1-5H,(H2,14,15). The van der Waals surface area contributed by atoms with Gasteiger partial charge < -0.3 is 5.73 Å². The van der Waals surface area contributed by atoms with E-state index in [1.807, 2.05) is 0 Å². The van der Waals surface area contributed by atoms with Crippen molar-refractivity contribution < 1.29 is 4.92 Å². The van der Waals surface area contributed by atoms with Gasteiger partial charge in [-0.25, -0.2) is 4.98 Å². The van der Waals surface area contributed by atoms with E-state index < -0.39 is 4.92 Å². The number of hydrogen-bond acceptors (Lipinski definition) is 4. The summed E-state index contributed by atoms with van der Waals surface area (Å²) < 4.78 is 0. The molecule has 0 aliphatic rings. The predicted octanol–water partition coefficient (Wildman–Crippen LogP) is 3.55. The molecule has 18 heavy (non-hydrogen) atoms. The number of nitrogen functional groups attached to an aromatic ring is 1. The van der Waals surface area contributed by atoms with Crippen molar-refractivity contribution in [3.05, 3.63) is 50.5 Å². The van der Waals surface area contributed by atoms with Crippen LogP contribution in [0.5, 0.6) is 0 Å². The molecule has 5 nitrogen and oxygen atoms in total. The number of pyridine rings is 1. The second kappa shape index (κ2) is 4.80. The molecule has 2 rings (SSSR count). The molecular weight excluding hydrogens is 277 g/mol. The number of hydrogen-bond donors (Lipinski definition) is 1. The molecule has 0 amide bonds. The summed E-state index contributed by atoms with van der Waals surface area (Å²) in [6.07, 6.45) is 0. The molecule has 0 unspecified atom stereocenters. The first kappa shape index (κ1) is 12.6. The van der Waals surface area contributed by atoms with Gasteiger partial charge in [0.25, 0.3) is 5.69 Å². The Labute approximate surface area is 112 Å². The molecule has 0 bridgehead atoms. The van der Waals surface area contributed by atoms with Crippen LogP contribution >= 0.6 is 23.2 Å². The van der Waals surface area contributed by atoms with Crippen molar-refractivity contribution in [3.63, 3.8) is 0 Å². The van der Waals surface area contributed by atoms with Crippen LogP contribution < -0.4 is 5.73 Å². The van der Waals surface area contributed by atoms with Crippen molar-refractivity contribution in [1.82, 2.24) is 4.98 Å². The molecule has 92 valence electrons. The van der Waals surface area contributed by atoms with E-state index in [1.165, 1.54) is 12.1 Å². The maximum atomic E-state index is 10.7. The number of nitro groups is 1. The van der Waals surface area contributed by atoms with Gasteiger partial charge in [-0.3, -0.25) is 10.1 Å². The quantitative estimate of drug-likeness (QED) is 0.675. The third-order valence-electron chi connectivity index (χ3n) is 2.26. The Morgan fingerprint density at radius 1 is 1.17 bits per heavy atom. The van der Waals surface area contributed by atoms with Crippen LogP contribution in [0.2, 0.25) is 10.0 Å². The van der Waals surface area contributed by atoms with Gasteiger partial charge >= 0.3 is 0 Å². The Morgan fingerprint density at radius 3 is 2.50 bits per heavy atom. The van der Waals surface area contributed by atoms with Gasteiger partial charge in [-0.05, 0) is 12.1 Å². The zero-order chi connectivity index (χ0) is 13.3. The van der Waals surface area contributed by atoms with E-state index >= 15 is 0 Å². The van der Waals surface area contributed by atoms with E-state index in [4.69, 9.17) is 28.9 Å². The Hall–Kier alpha value is -1.85. The molecule has 0 radical (unpaired) electrons. The average molecular weight is 284 g/mol. The highest BCUT2D eigenvalue weighted by Crippen LogP contribution is 2.29. The van der Waals surface area contributed by atoms with Crippen LogP contribution in [0.3, 0.4) is 0 Å². The summed E-state index contributed by atoms with van der Waals surface area (Å²) in [6, 6.07) is 7.36. The summed E-state index contributed by atoms with van der Waals surface area (Å²) >= 11 is 11.7. The van der Waals surface area contributed by atoms with E-state index in [9.17, 15) is 10.1 Å². The number of aromatic nitrogens is 1. The van der Waals surface area contributed by atoms with Gasteiger partial charge in [-0.1, -0.05) is 29.3 Å². The molecule has 0 fully saturated rings. The smallest absolute Gasteiger partial charge is 0.275 e. The lowest BCUT2D eigenvalue weighted by Gasteiger charge is -2.04. The Morgan fingerprint density at radius 2 is 1.89 bits per heavy atom. The number of nitrogens with two attached hydrogens (primary N) is 1. The second-order valence-electron chi connectivity index (χ2n) is 3.52. The normalized spacial score (nSPS) is 10.3. The lowest BCUT2D eigenvalue weighted by Crippen LogP contribution is -1.96. The summed E-state index contributed by atoms with van der Waals surface area (Å²) in [7, 11) is 0. The SMILES string of the molecule is Nc1cc([N+](=O)[O-])cc(-c2ccc(Cl)c(Cl)c2)n1. The summed E-state index contributed by atoms with van der Waals surface area (Å²) in [5, 5.41) is 11.5. The Balaban J connectivity index is 2.56. The van der Waals surface area contributed by atoms with E-state index in [2.05, 4.69) is 4.98 Å². The summed E-state index contributed by atoms with van der Waals surface area (Å²) in [4.78, 5) is 14.2. The fourth-order valence-corrected chi connectivity index (χ4v) is 1.74. The molecule has 0 saturated carbocycles. The van der Waals surface area contributed by atoms with Gasteiger partial charge in [0, 0.05) is 11.6 Å². The van der Waals surface area contributed by atoms with Crippen LogP contribution in [0.1, 0.15) is 0 Å². The molecule has 2 aromatic rings. The van der Waals surface area contributed by atoms with Crippen molar-refractivity contribution >= 4 is 34.7 Å². The number of rotatable bonds is 2. The molecule has 1 aromatic heterocycles. The van der Waals surface area contributed by atoms with Crippen LogP contribution in [0, 0.1) is 10.1 Å². The molecule has 0 saturated heterocycles. The minimum atomic E-state index is -0.529. The van der Waals surface area contributed by atoms with E-state index in [1.54, 1.807) is 18.2 Å². The van der Waals surface area contributed by atoms with Gasteiger partial charge in [0.05, 0.1) is 26.7 Å². The minimum Gasteiger partial charge on any atom is -0.383 e. The van der Waals surface area contributed by atoms with E-state index in [-0.39, 0.29) is 11.5 Å². The molecule has 0 spiro atoms. The highest BCUT2D eigenvalue weighted by molar-refractivity contribution is 6.42. The molecule has 7 heteroatoms. The van der Waals surface area contributed by atoms with Gasteiger partial charge in [-0.15, -0.1) is 0 Å². The van der Waals surface area contributed by atoms with Crippen molar-refractivity contribution in [2.45, 2.75) is 0 Å². The third-order valence-corrected chi connectivity index (χ3v) is 3.00. The summed E-state index contributed by atoms with van der Waals surface area (Å²) in [5.41, 5.74) is 6.39. The molecule has 0 aliphatic carbocycles. The van der Waals surface area contributed by atoms with Crippen LogP contribution in [0.4, 0.5) is 11.5 Å². The topological polar surface area (TPSA) is 82.0 Å². The van der Waals surface area contributed by atoms with E-state index in [0.717, 1.165) is 0 Å². The number of anilines is 1. The first-order valence-electron chi connectivity index (χ1n) is 4.85. The average Bonchev–Trinajstić information content (AvgIpc) is 2.31. The van der Waals surface area contributed by atoms with Crippen molar-refractivity contribution in [1.29, 1.82) is 0 Å². The molecule has 0 atom stereocenters. The van der Waals surface area contributed by atoms with Crippen molar-refractivity contribution in [3.8, 4) is 11.3 Å². The van der Waals surface area contributed by atoms with Crippen molar-refractivity contribution in [2.24, 2.45) is 0 Å². The molecule has 1 heterocycles. The third kappa shape index (κ3) is 2.52. The predicted molar refractivity (Wildman–Crippen MR) is 70.8 cm³/mol. The van der Waals surface area contributed by atoms with Crippen molar-refractivity contribution in [2.75, 3.05) is 5.73 Å². The monoisotopic (exact) mass is 283 g/mol. The molecule has 2 N–H and O–H groups in total. The fraction of sp³-hybridized carbons (Fsp3) is 0. The number of halogens is 2. The maximum Gasteiger partial charge on any atom is 0.275 e. The highest BCUT2D eigenvalue weighted by atomic mass is 35.5. The maximum absolute atomic E-state index is 10.7. The van der Waals surface area contributed by atoms with Crippen LogP contribution in [-0.2, 0) is 0 Å². The van der Waals surface area contributed by atoms with Crippen LogP contribution in [0.15, 0.2) is 30.3 Å².